The van der Waals surface area contributed by atoms with Crippen molar-refractivity contribution in [3.63, 3.8) is 0 Å². The molecule has 0 saturated carbocycles. The van der Waals surface area contributed by atoms with Gasteiger partial charge in [-0.2, -0.15) is 5.10 Å². The lowest BCUT2D eigenvalue weighted by Crippen LogP contribution is -2.39. The summed E-state index contributed by atoms with van der Waals surface area (Å²) in [7, 11) is 0. The van der Waals surface area contributed by atoms with E-state index in [4.69, 9.17) is 5.73 Å². The Kier molecular flexibility index (Phi) is 3.29. The summed E-state index contributed by atoms with van der Waals surface area (Å²) in [5.74, 6) is 1.01. The van der Waals surface area contributed by atoms with Gasteiger partial charge >= 0.3 is 0 Å². The Morgan fingerprint density at radius 2 is 2.11 bits per heavy atom. The molecule has 0 atom stereocenters. The van der Waals surface area contributed by atoms with E-state index in [0.717, 1.165) is 11.3 Å². The molecule has 0 saturated heterocycles. The molecule has 1 aliphatic heterocycles. The number of fused-ring (bicyclic) bond motifs is 2. The van der Waals surface area contributed by atoms with Crippen LogP contribution in [-0.4, -0.2) is 42.0 Å². The fourth-order valence-electron chi connectivity index (χ4n) is 3.13. The molecule has 27 heavy (non-hydrogen) atoms. The second-order valence-corrected chi connectivity index (χ2v) is 6.20. The first kappa shape index (κ1) is 15.3. The van der Waals surface area contributed by atoms with Gasteiger partial charge in [0.25, 0.3) is 0 Å². The number of aromatic amines is 1. The highest BCUT2D eigenvalue weighted by molar-refractivity contribution is 6.03. The number of rotatable bonds is 3. The summed E-state index contributed by atoms with van der Waals surface area (Å²) < 4.78 is 1.94. The number of imidazole rings is 1. The molecule has 134 valence electrons. The lowest BCUT2D eigenvalue weighted by molar-refractivity contribution is -0.115. The van der Waals surface area contributed by atoms with E-state index < -0.39 is 0 Å². The maximum Gasteiger partial charge on any atom is 0.244 e. The Labute approximate surface area is 153 Å². The van der Waals surface area contributed by atoms with Gasteiger partial charge in [0.05, 0.1) is 18.8 Å². The van der Waals surface area contributed by atoms with Gasteiger partial charge in [0.2, 0.25) is 5.91 Å². The number of pyridine rings is 1. The van der Waals surface area contributed by atoms with E-state index in [1.807, 2.05) is 39.9 Å². The van der Waals surface area contributed by atoms with Crippen LogP contribution in [0.3, 0.4) is 0 Å². The second-order valence-electron chi connectivity index (χ2n) is 6.20. The molecule has 4 N–H and O–H groups in total. The summed E-state index contributed by atoms with van der Waals surface area (Å²) >= 11 is 0. The third-order valence-electron chi connectivity index (χ3n) is 4.32. The number of hydrogen-bond acceptors (Lipinski definition) is 7. The molecule has 10 heteroatoms. The van der Waals surface area contributed by atoms with E-state index in [0.29, 0.717) is 29.6 Å². The minimum Gasteiger partial charge on any atom is -0.382 e. The Morgan fingerprint density at radius 3 is 2.93 bits per heavy atom. The summed E-state index contributed by atoms with van der Waals surface area (Å²) in [4.78, 5) is 27.5. The fraction of sp³-hybridized carbons (Fsp3) is 0.118. The molecule has 0 aromatic carbocycles. The number of carbonyl (C=O) groups excluding carboxylic acids is 1. The van der Waals surface area contributed by atoms with Crippen LogP contribution in [0.5, 0.6) is 0 Å². The maximum atomic E-state index is 12.2. The SMILES string of the molecule is Nc1nc(-c2ccn[nH]2)nc2c1NC(=O)CN2Cc1cn2ccccc2n1. The lowest BCUT2D eigenvalue weighted by Gasteiger charge is -2.29. The third-order valence-corrected chi connectivity index (χ3v) is 4.32. The van der Waals surface area contributed by atoms with Crippen molar-refractivity contribution in [2.45, 2.75) is 6.54 Å². The number of nitrogens with zero attached hydrogens (tertiary/aromatic N) is 6. The van der Waals surface area contributed by atoms with Gasteiger partial charge in [-0.05, 0) is 18.2 Å². The van der Waals surface area contributed by atoms with Gasteiger partial charge in [-0.25, -0.2) is 15.0 Å². The average Bonchev–Trinajstić information content (AvgIpc) is 3.31. The van der Waals surface area contributed by atoms with Gasteiger partial charge in [-0.3, -0.25) is 9.89 Å². The number of aromatic nitrogens is 6. The fourth-order valence-corrected chi connectivity index (χ4v) is 3.13. The zero-order valence-electron chi connectivity index (χ0n) is 14.1. The van der Waals surface area contributed by atoms with Crippen molar-refractivity contribution in [1.82, 2.24) is 29.5 Å². The summed E-state index contributed by atoms with van der Waals surface area (Å²) in [6.45, 7) is 0.570. The van der Waals surface area contributed by atoms with Gasteiger partial charge in [-0.1, -0.05) is 6.07 Å². The highest BCUT2D eigenvalue weighted by Crippen LogP contribution is 2.34. The van der Waals surface area contributed by atoms with Crippen molar-refractivity contribution in [3.8, 4) is 11.5 Å². The third kappa shape index (κ3) is 2.63. The second kappa shape index (κ2) is 5.80. The number of nitrogens with one attached hydrogen (secondary N) is 2. The topological polar surface area (TPSA) is 130 Å². The lowest BCUT2D eigenvalue weighted by atomic mass is 10.2. The Hall–Kier alpha value is -3.95. The molecule has 0 bridgehead atoms. The first-order chi connectivity index (χ1) is 13.2. The molecule has 1 amide bonds. The Balaban J connectivity index is 1.57. The van der Waals surface area contributed by atoms with Crippen LogP contribution in [0.15, 0.2) is 42.9 Å². The number of nitrogen functional groups attached to an aromatic ring is 1. The Morgan fingerprint density at radius 1 is 1.19 bits per heavy atom. The molecular formula is C17H15N9O. The van der Waals surface area contributed by atoms with E-state index in [2.05, 4.69) is 30.5 Å². The van der Waals surface area contributed by atoms with Crippen LogP contribution < -0.4 is 16.0 Å². The van der Waals surface area contributed by atoms with Crippen molar-refractivity contribution in [2.24, 2.45) is 0 Å². The molecule has 0 aliphatic carbocycles. The van der Waals surface area contributed by atoms with Gasteiger partial charge < -0.3 is 20.4 Å². The Bertz CT molecular complexity index is 1120. The van der Waals surface area contributed by atoms with Gasteiger partial charge in [-0.15, -0.1) is 0 Å². The molecule has 1 aliphatic rings. The van der Waals surface area contributed by atoms with Crippen LogP contribution in [0.2, 0.25) is 0 Å². The average molecular weight is 361 g/mol. The number of hydrogen-bond donors (Lipinski definition) is 3. The highest BCUT2D eigenvalue weighted by atomic mass is 16.2. The summed E-state index contributed by atoms with van der Waals surface area (Å²) in [6, 6.07) is 7.55. The molecule has 5 rings (SSSR count). The summed E-state index contributed by atoms with van der Waals surface area (Å²) in [5, 5.41) is 9.51. The first-order valence-corrected chi connectivity index (χ1v) is 8.32. The minimum absolute atomic E-state index is 0.153. The number of anilines is 3. The molecule has 4 aromatic rings. The molecule has 0 unspecified atom stereocenters. The van der Waals surface area contributed by atoms with Crippen LogP contribution in [0.4, 0.5) is 17.3 Å². The van der Waals surface area contributed by atoms with Gasteiger partial charge in [0.15, 0.2) is 17.5 Å². The summed E-state index contributed by atoms with van der Waals surface area (Å²) in [5.41, 5.74) is 8.81. The van der Waals surface area contributed by atoms with E-state index in [1.54, 1.807) is 12.3 Å². The van der Waals surface area contributed by atoms with E-state index in [9.17, 15) is 4.79 Å². The molecule has 0 spiro atoms. The number of nitrogens with two attached hydrogens (primary N) is 1. The number of H-pyrrole nitrogens is 1. The van der Waals surface area contributed by atoms with E-state index in [-0.39, 0.29) is 18.3 Å². The number of amides is 1. The molecule has 10 nitrogen and oxygen atoms in total. The molecule has 4 aromatic heterocycles. The van der Waals surface area contributed by atoms with Crippen molar-refractivity contribution >= 4 is 28.9 Å². The van der Waals surface area contributed by atoms with E-state index in [1.165, 1.54) is 0 Å². The summed E-state index contributed by atoms with van der Waals surface area (Å²) in [6.07, 6.45) is 5.48. The van der Waals surface area contributed by atoms with Gasteiger partial charge in [0.1, 0.15) is 17.0 Å². The monoisotopic (exact) mass is 361 g/mol. The predicted octanol–water partition coefficient (Wildman–Crippen LogP) is 1.06. The maximum absolute atomic E-state index is 12.2. The van der Waals surface area contributed by atoms with Crippen molar-refractivity contribution in [1.29, 1.82) is 0 Å². The minimum atomic E-state index is -0.171. The smallest absolute Gasteiger partial charge is 0.244 e. The van der Waals surface area contributed by atoms with Crippen molar-refractivity contribution < 1.29 is 4.79 Å². The number of carbonyl (C=O) groups is 1. The van der Waals surface area contributed by atoms with Crippen LogP contribution in [0.1, 0.15) is 5.69 Å². The van der Waals surface area contributed by atoms with Crippen LogP contribution in [0, 0.1) is 0 Å². The normalized spacial score (nSPS) is 13.6. The largest absolute Gasteiger partial charge is 0.382 e. The quantitative estimate of drug-likeness (QED) is 0.497. The first-order valence-electron chi connectivity index (χ1n) is 8.32. The molecule has 5 heterocycles. The van der Waals surface area contributed by atoms with Crippen LogP contribution in [-0.2, 0) is 11.3 Å². The standard InChI is InChI=1S/C17H15N9O/c18-15-14-17(23-16(22-15)11-4-5-19-24-11)26(9-13(27)21-14)8-10-7-25-6-2-1-3-12(25)20-10/h1-7H,8-9H2,(H,19,24)(H,21,27)(H2,18,22,23). The van der Waals surface area contributed by atoms with Crippen LogP contribution >= 0.6 is 0 Å². The van der Waals surface area contributed by atoms with Crippen molar-refractivity contribution in [2.75, 3.05) is 22.5 Å². The molecular weight excluding hydrogens is 346 g/mol. The van der Waals surface area contributed by atoms with Crippen molar-refractivity contribution in [3.05, 3.63) is 48.5 Å². The highest BCUT2D eigenvalue weighted by Gasteiger charge is 2.28. The van der Waals surface area contributed by atoms with Gasteiger partial charge in [0, 0.05) is 18.6 Å². The zero-order valence-corrected chi connectivity index (χ0v) is 14.1. The molecule has 0 fully saturated rings. The zero-order chi connectivity index (χ0) is 18.4. The van der Waals surface area contributed by atoms with E-state index >= 15 is 0 Å². The molecule has 0 radical (unpaired) electrons. The van der Waals surface area contributed by atoms with Crippen LogP contribution in [0.25, 0.3) is 17.2 Å². The predicted molar refractivity (Wildman–Crippen MR) is 98.9 cm³/mol.